The molecule has 1 nitrogen and oxygen atoms in total. The van der Waals surface area contributed by atoms with Gasteiger partial charge in [-0.05, 0) is 18.6 Å². The van der Waals surface area contributed by atoms with Crippen LogP contribution in [-0.4, -0.2) is 6.54 Å². The zero-order valence-electron chi connectivity index (χ0n) is 8.59. The average molecular weight is 175 g/mol. The summed E-state index contributed by atoms with van der Waals surface area (Å²) in [4.78, 5) is 0. The Morgan fingerprint density at radius 2 is 1.85 bits per heavy atom. The van der Waals surface area contributed by atoms with E-state index in [0.29, 0.717) is 0 Å². The highest BCUT2D eigenvalue weighted by Crippen LogP contribution is 2.22. The molecular formula is C12H17N. The van der Waals surface area contributed by atoms with Gasteiger partial charge in [0.25, 0.3) is 0 Å². The van der Waals surface area contributed by atoms with Crippen molar-refractivity contribution in [1.82, 2.24) is 0 Å². The normalized spacial score (nSPS) is 13.0. The maximum Gasteiger partial charge on any atom is 0.0416 e. The molecule has 1 aromatic rings. The second kappa shape index (κ2) is 4.70. The van der Waals surface area contributed by atoms with Gasteiger partial charge in [0.2, 0.25) is 0 Å². The third-order valence-corrected chi connectivity index (χ3v) is 1.92. The van der Waals surface area contributed by atoms with E-state index in [9.17, 15) is 0 Å². The first-order valence-electron chi connectivity index (χ1n) is 4.86. The molecule has 0 saturated carbocycles. The fraction of sp³-hybridized carbons (Fsp3) is 0.333. The molecular weight excluding hydrogens is 158 g/mol. The summed E-state index contributed by atoms with van der Waals surface area (Å²) >= 11 is 0. The van der Waals surface area contributed by atoms with Crippen molar-refractivity contribution in [1.29, 1.82) is 0 Å². The van der Waals surface area contributed by atoms with E-state index < -0.39 is 0 Å². The first kappa shape index (κ1) is 9.85. The number of benzene rings is 1. The lowest BCUT2D eigenvalue weighted by atomic mass is 10.1. The summed E-state index contributed by atoms with van der Waals surface area (Å²) in [7, 11) is 0. The van der Waals surface area contributed by atoms with Crippen molar-refractivity contribution in [2.45, 2.75) is 20.8 Å². The number of rotatable bonds is 0. The molecule has 0 aromatic heterocycles. The number of anilines is 1. The smallest absolute Gasteiger partial charge is 0.0416 e. The predicted octanol–water partition coefficient (Wildman–Crippen LogP) is 3.54. The summed E-state index contributed by atoms with van der Waals surface area (Å²) in [6.07, 6.45) is 2.23. The van der Waals surface area contributed by atoms with Gasteiger partial charge in [-0.3, -0.25) is 0 Å². The lowest BCUT2D eigenvalue weighted by Crippen LogP contribution is -2.07. The quantitative estimate of drug-likeness (QED) is 0.636. The van der Waals surface area contributed by atoms with Crippen LogP contribution in [0.25, 0.3) is 6.08 Å². The minimum atomic E-state index is 0.983. The number of fused-ring (bicyclic) bond motifs is 1. The van der Waals surface area contributed by atoms with E-state index in [0.717, 1.165) is 6.54 Å². The van der Waals surface area contributed by atoms with Crippen molar-refractivity contribution in [2.75, 3.05) is 11.9 Å². The minimum Gasteiger partial charge on any atom is -0.381 e. The standard InChI is InChI=1S/C10H11N.C2H6/c1-8-6-9-4-2-3-5-10(9)11-7-8;1-2/h2-6,11H,7H2,1H3;1-2H3. The van der Waals surface area contributed by atoms with Crippen LogP contribution in [0.2, 0.25) is 0 Å². The van der Waals surface area contributed by atoms with E-state index in [2.05, 4.69) is 42.6 Å². The maximum atomic E-state index is 3.34. The third-order valence-electron chi connectivity index (χ3n) is 1.92. The van der Waals surface area contributed by atoms with Crippen LogP contribution in [0.15, 0.2) is 29.8 Å². The van der Waals surface area contributed by atoms with Crippen molar-refractivity contribution >= 4 is 11.8 Å². The van der Waals surface area contributed by atoms with Crippen LogP contribution >= 0.6 is 0 Å². The van der Waals surface area contributed by atoms with E-state index in [-0.39, 0.29) is 0 Å². The Hall–Kier alpha value is -1.24. The topological polar surface area (TPSA) is 12.0 Å². The van der Waals surface area contributed by atoms with Gasteiger partial charge in [-0.2, -0.15) is 0 Å². The van der Waals surface area contributed by atoms with Crippen molar-refractivity contribution in [3.8, 4) is 0 Å². The summed E-state index contributed by atoms with van der Waals surface area (Å²) < 4.78 is 0. The fourth-order valence-electron chi connectivity index (χ4n) is 1.33. The molecule has 0 amide bonds. The number of para-hydroxylation sites is 1. The van der Waals surface area contributed by atoms with E-state index in [1.165, 1.54) is 16.8 Å². The molecule has 1 aromatic carbocycles. The monoisotopic (exact) mass is 175 g/mol. The molecule has 0 saturated heterocycles. The molecule has 1 aliphatic rings. The first-order valence-corrected chi connectivity index (χ1v) is 4.86. The van der Waals surface area contributed by atoms with Crippen LogP contribution in [0.1, 0.15) is 26.3 Å². The van der Waals surface area contributed by atoms with Crippen molar-refractivity contribution in [3.63, 3.8) is 0 Å². The SMILES string of the molecule is CC.CC1=Cc2ccccc2NC1. The Morgan fingerprint density at radius 1 is 1.15 bits per heavy atom. The zero-order chi connectivity index (χ0) is 9.68. The molecule has 1 heteroatoms. The highest BCUT2D eigenvalue weighted by atomic mass is 14.9. The highest BCUT2D eigenvalue weighted by molar-refractivity contribution is 5.71. The third kappa shape index (κ3) is 2.35. The summed E-state index contributed by atoms with van der Waals surface area (Å²) in [5, 5.41) is 3.34. The molecule has 70 valence electrons. The number of hydrogen-bond acceptors (Lipinski definition) is 1. The molecule has 0 aliphatic carbocycles. The average Bonchev–Trinajstić information content (AvgIpc) is 2.21. The molecule has 0 atom stereocenters. The second-order valence-corrected chi connectivity index (χ2v) is 2.93. The van der Waals surface area contributed by atoms with Gasteiger partial charge in [0.15, 0.2) is 0 Å². The molecule has 0 radical (unpaired) electrons. The van der Waals surface area contributed by atoms with Gasteiger partial charge in [-0.25, -0.2) is 0 Å². The molecule has 0 unspecified atom stereocenters. The van der Waals surface area contributed by atoms with E-state index in [4.69, 9.17) is 0 Å². The van der Waals surface area contributed by atoms with Crippen LogP contribution in [0.3, 0.4) is 0 Å². The maximum absolute atomic E-state index is 3.34. The van der Waals surface area contributed by atoms with Gasteiger partial charge in [-0.15, -0.1) is 0 Å². The van der Waals surface area contributed by atoms with Gasteiger partial charge < -0.3 is 5.32 Å². The second-order valence-electron chi connectivity index (χ2n) is 2.93. The number of hydrogen-bond donors (Lipinski definition) is 1. The fourth-order valence-corrected chi connectivity index (χ4v) is 1.33. The molecule has 0 spiro atoms. The molecule has 0 bridgehead atoms. The van der Waals surface area contributed by atoms with Crippen LogP contribution in [0.5, 0.6) is 0 Å². The molecule has 1 N–H and O–H groups in total. The lowest BCUT2D eigenvalue weighted by Gasteiger charge is -2.15. The van der Waals surface area contributed by atoms with Gasteiger partial charge in [0.1, 0.15) is 0 Å². The first-order chi connectivity index (χ1) is 6.36. The molecule has 0 fully saturated rings. The molecule has 1 heterocycles. The van der Waals surface area contributed by atoms with Crippen molar-refractivity contribution in [3.05, 3.63) is 35.4 Å². The Bertz CT molecular complexity index is 300. The van der Waals surface area contributed by atoms with Crippen LogP contribution in [0, 0.1) is 0 Å². The number of nitrogens with one attached hydrogen (secondary N) is 1. The predicted molar refractivity (Wildman–Crippen MR) is 59.9 cm³/mol. The molecule has 2 rings (SSSR count). The summed E-state index contributed by atoms with van der Waals surface area (Å²) in [6.45, 7) is 7.12. The van der Waals surface area contributed by atoms with Gasteiger partial charge in [0.05, 0.1) is 0 Å². The van der Waals surface area contributed by atoms with Gasteiger partial charge in [0, 0.05) is 12.2 Å². The minimum absolute atomic E-state index is 0.983. The largest absolute Gasteiger partial charge is 0.381 e. The lowest BCUT2D eigenvalue weighted by molar-refractivity contribution is 1.19. The zero-order valence-corrected chi connectivity index (χ0v) is 8.59. The van der Waals surface area contributed by atoms with Crippen molar-refractivity contribution < 1.29 is 0 Å². The van der Waals surface area contributed by atoms with Crippen LogP contribution < -0.4 is 5.32 Å². The Labute approximate surface area is 80.5 Å². The van der Waals surface area contributed by atoms with Crippen molar-refractivity contribution in [2.24, 2.45) is 0 Å². The van der Waals surface area contributed by atoms with Crippen LogP contribution in [0.4, 0.5) is 5.69 Å². The van der Waals surface area contributed by atoms with Gasteiger partial charge >= 0.3 is 0 Å². The Kier molecular flexibility index (Phi) is 3.56. The van der Waals surface area contributed by atoms with E-state index in [1.54, 1.807) is 0 Å². The highest BCUT2D eigenvalue weighted by Gasteiger charge is 2.03. The molecule has 1 aliphatic heterocycles. The van der Waals surface area contributed by atoms with E-state index in [1.807, 2.05) is 13.8 Å². The van der Waals surface area contributed by atoms with E-state index >= 15 is 0 Å². The summed E-state index contributed by atoms with van der Waals surface area (Å²) in [5.74, 6) is 0. The Balaban J connectivity index is 0.000000396. The van der Waals surface area contributed by atoms with Crippen LogP contribution in [-0.2, 0) is 0 Å². The van der Waals surface area contributed by atoms with Gasteiger partial charge in [-0.1, -0.05) is 43.7 Å². The molecule has 13 heavy (non-hydrogen) atoms. The Morgan fingerprint density at radius 3 is 2.62 bits per heavy atom. The summed E-state index contributed by atoms with van der Waals surface area (Å²) in [6, 6.07) is 8.36. The summed E-state index contributed by atoms with van der Waals surface area (Å²) in [5.41, 5.74) is 3.94.